The first-order valence-electron chi connectivity index (χ1n) is 4.31. The van der Waals surface area contributed by atoms with Crippen molar-refractivity contribution >= 4 is 36.7 Å². The largest absolute Gasteiger partial charge is 0.476 e. The standard InChI is InChI=1S/C8H6ClN3O4S/c1-12-7-5(6(11-12)8(13)14)2-4(3-10-7)17(9,15)16/h2-3H,1H3,(H,13,14). The van der Waals surface area contributed by atoms with Crippen molar-refractivity contribution in [2.45, 2.75) is 4.90 Å². The van der Waals surface area contributed by atoms with Gasteiger partial charge in [0.15, 0.2) is 11.3 Å². The average Bonchev–Trinajstić information content (AvgIpc) is 2.54. The Morgan fingerprint density at radius 3 is 2.71 bits per heavy atom. The molecule has 0 bridgehead atoms. The van der Waals surface area contributed by atoms with Gasteiger partial charge < -0.3 is 5.11 Å². The van der Waals surface area contributed by atoms with Gasteiger partial charge in [-0.15, -0.1) is 0 Å². The lowest BCUT2D eigenvalue weighted by molar-refractivity contribution is 0.0691. The van der Waals surface area contributed by atoms with Crippen molar-refractivity contribution in [2.75, 3.05) is 0 Å². The highest BCUT2D eigenvalue weighted by Crippen LogP contribution is 2.21. The second-order valence-corrected chi connectivity index (χ2v) is 5.82. The van der Waals surface area contributed by atoms with Gasteiger partial charge in [-0.2, -0.15) is 5.10 Å². The van der Waals surface area contributed by atoms with E-state index >= 15 is 0 Å². The van der Waals surface area contributed by atoms with Crippen LogP contribution in [-0.4, -0.2) is 34.3 Å². The summed E-state index contributed by atoms with van der Waals surface area (Å²) in [4.78, 5) is 14.5. The molecule has 0 unspecified atom stereocenters. The molecule has 7 nitrogen and oxygen atoms in total. The van der Waals surface area contributed by atoms with Crippen molar-refractivity contribution < 1.29 is 18.3 Å². The minimum absolute atomic E-state index is 0.127. The lowest BCUT2D eigenvalue weighted by atomic mass is 10.2. The minimum Gasteiger partial charge on any atom is -0.476 e. The number of aryl methyl sites for hydroxylation is 1. The molecule has 2 heterocycles. The number of nitrogens with zero attached hydrogens (tertiary/aromatic N) is 3. The molecule has 0 radical (unpaired) electrons. The van der Waals surface area contributed by atoms with E-state index in [4.69, 9.17) is 15.8 Å². The zero-order valence-corrected chi connectivity index (χ0v) is 10.0. The fourth-order valence-corrected chi connectivity index (χ4v) is 2.10. The van der Waals surface area contributed by atoms with E-state index in [0.717, 1.165) is 12.3 Å². The third-order valence-corrected chi connectivity index (χ3v) is 3.46. The SMILES string of the molecule is Cn1nc(C(=O)O)c2cc(S(=O)(=O)Cl)cnc21. The van der Waals surface area contributed by atoms with Crippen LogP contribution >= 0.6 is 10.7 Å². The molecule has 2 aromatic rings. The maximum absolute atomic E-state index is 11.1. The van der Waals surface area contributed by atoms with Crippen LogP contribution < -0.4 is 0 Å². The molecular weight excluding hydrogens is 270 g/mol. The van der Waals surface area contributed by atoms with Crippen LogP contribution in [0.25, 0.3) is 11.0 Å². The highest BCUT2D eigenvalue weighted by atomic mass is 35.7. The van der Waals surface area contributed by atoms with Crippen LogP contribution in [0.1, 0.15) is 10.5 Å². The topological polar surface area (TPSA) is 102 Å². The van der Waals surface area contributed by atoms with Crippen LogP contribution in [0.4, 0.5) is 0 Å². The van der Waals surface area contributed by atoms with E-state index in [1.54, 1.807) is 0 Å². The predicted octanol–water partition coefficient (Wildman–Crippen LogP) is 0.594. The summed E-state index contributed by atoms with van der Waals surface area (Å²) in [5, 5.41) is 12.8. The summed E-state index contributed by atoms with van der Waals surface area (Å²) in [6, 6.07) is 1.14. The Labute approximate surface area is 100 Å². The molecule has 0 aliphatic carbocycles. The van der Waals surface area contributed by atoms with Crippen molar-refractivity contribution in [3.05, 3.63) is 18.0 Å². The quantitative estimate of drug-likeness (QED) is 0.805. The normalized spacial score (nSPS) is 11.9. The number of aromatic carboxylic acids is 1. The molecule has 0 saturated carbocycles. The molecule has 0 spiro atoms. The second-order valence-electron chi connectivity index (χ2n) is 3.26. The van der Waals surface area contributed by atoms with Crippen LogP contribution in [0.3, 0.4) is 0 Å². The van der Waals surface area contributed by atoms with E-state index in [0.29, 0.717) is 0 Å². The Bertz CT molecular complexity index is 722. The molecule has 90 valence electrons. The minimum atomic E-state index is -3.95. The number of carbonyl (C=O) groups is 1. The molecule has 0 atom stereocenters. The van der Waals surface area contributed by atoms with E-state index in [-0.39, 0.29) is 21.6 Å². The summed E-state index contributed by atoms with van der Waals surface area (Å²) in [7, 11) is 2.72. The van der Waals surface area contributed by atoms with Crippen LogP contribution in [0.5, 0.6) is 0 Å². The number of rotatable bonds is 2. The molecule has 0 amide bonds. The highest BCUT2D eigenvalue weighted by molar-refractivity contribution is 8.13. The average molecular weight is 276 g/mol. The highest BCUT2D eigenvalue weighted by Gasteiger charge is 2.19. The van der Waals surface area contributed by atoms with Gasteiger partial charge in [-0.05, 0) is 6.07 Å². The molecule has 0 aromatic carbocycles. The lowest BCUT2D eigenvalue weighted by Gasteiger charge is -1.96. The van der Waals surface area contributed by atoms with Crippen molar-refractivity contribution in [2.24, 2.45) is 7.05 Å². The van der Waals surface area contributed by atoms with Crippen LogP contribution in [0.2, 0.25) is 0 Å². The monoisotopic (exact) mass is 275 g/mol. The summed E-state index contributed by atoms with van der Waals surface area (Å²) in [5.41, 5.74) is 0.00336. The molecule has 2 aromatic heterocycles. The van der Waals surface area contributed by atoms with Gasteiger partial charge in [0, 0.05) is 23.9 Å². The van der Waals surface area contributed by atoms with Gasteiger partial charge in [-0.25, -0.2) is 22.9 Å². The van der Waals surface area contributed by atoms with Gasteiger partial charge in [0.25, 0.3) is 9.05 Å². The predicted molar refractivity (Wildman–Crippen MR) is 58.5 cm³/mol. The zero-order chi connectivity index (χ0) is 12.8. The summed E-state index contributed by atoms with van der Waals surface area (Å²) in [6.45, 7) is 0. The zero-order valence-electron chi connectivity index (χ0n) is 8.45. The number of pyridine rings is 1. The van der Waals surface area contributed by atoms with E-state index in [1.165, 1.54) is 11.7 Å². The Balaban J connectivity index is 2.84. The number of hydrogen-bond donors (Lipinski definition) is 1. The Hall–Kier alpha value is -1.67. The smallest absolute Gasteiger partial charge is 0.357 e. The Kier molecular flexibility index (Phi) is 2.55. The van der Waals surface area contributed by atoms with Gasteiger partial charge in [-0.3, -0.25) is 0 Å². The number of hydrogen-bond acceptors (Lipinski definition) is 5. The molecule has 1 N–H and O–H groups in total. The number of fused-ring (bicyclic) bond motifs is 1. The van der Waals surface area contributed by atoms with Crippen LogP contribution in [0.15, 0.2) is 17.2 Å². The van der Waals surface area contributed by atoms with Gasteiger partial charge in [0.2, 0.25) is 0 Å². The summed E-state index contributed by atoms with van der Waals surface area (Å²) < 4.78 is 23.5. The number of halogens is 1. The van der Waals surface area contributed by atoms with Gasteiger partial charge in [0.05, 0.1) is 5.39 Å². The molecule has 9 heteroatoms. The van der Waals surface area contributed by atoms with Crippen molar-refractivity contribution in [1.29, 1.82) is 0 Å². The first kappa shape index (κ1) is 11.8. The maximum atomic E-state index is 11.1. The molecular formula is C8H6ClN3O4S. The molecule has 17 heavy (non-hydrogen) atoms. The number of carboxylic acid groups (broad SMARTS) is 1. The first-order valence-corrected chi connectivity index (χ1v) is 6.62. The molecule has 0 fully saturated rings. The molecule has 2 rings (SSSR count). The molecule has 0 aliphatic heterocycles. The Morgan fingerprint density at radius 1 is 1.53 bits per heavy atom. The third kappa shape index (κ3) is 1.96. The van der Waals surface area contributed by atoms with Crippen LogP contribution in [0, 0.1) is 0 Å². The molecule has 0 saturated heterocycles. The molecule has 0 aliphatic rings. The van der Waals surface area contributed by atoms with E-state index in [1.807, 2.05) is 0 Å². The fourth-order valence-electron chi connectivity index (χ4n) is 1.41. The second kappa shape index (κ2) is 3.67. The summed E-state index contributed by atoms with van der Waals surface area (Å²) >= 11 is 0. The Morgan fingerprint density at radius 2 is 2.18 bits per heavy atom. The van der Waals surface area contributed by atoms with Crippen molar-refractivity contribution in [3.8, 4) is 0 Å². The lowest BCUT2D eigenvalue weighted by Crippen LogP contribution is -1.99. The van der Waals surface area contributed by atoms with Crippen LogP contribution in [-0.2, 0) is 16.1 Å². The fraction of sp³-hybridized carbons (Fsp3) is 0.125. The van der Waals surface area contributed by atoms with E-state index < -0.39 is 15.0 Å². The van der Waals surface area contributed by atoms with Gasteiger partial charge in [-0.1, -0.05) is 0 Å². The maximum Gasteiger partial charge on any atom is 0.357 e. The third-order valence-electron chi connectivity index (χ3n) is 2.14. The first-order chi connectivity index (χ1) is 7.80. The summed E-state index contributed by atoms with van der Waals surface area (Å²) in [5.74, 6) is -1.26. The number of aromatic nitrogens is 3. The van der Waals surface area contributed by atoms with Crippen molar-refractivity contribution in [3.63, 3.8) is 0 Å². The van der Waals surface area contributed by atoms with E-state index in [2.05, 4.69) is 10.1 Å². The van der Waals surface area contributed by atoms with Crippen molar-refractivity contribution in [1.82, 2.24) is 14.8 Å². The van der Waals surface area contributed by atoms with Gasteiger partial charge in [0.1, 0.15) is 4.90 Å². The summed E-state index contributed by atoms with van der Waals surface area (Å²) in [6.07, 6.45) is 1.05. The van der Waals surface area contributed by atoms with Gasteiger partial charge >= 0.3 is 5.97 Å². The number of carboxylic acids is 1. The van der Waals surface area contributed by atoms with E-state index in [9.17, 15) is 13.2 Å².